The zero-order valence-corrected chi connectivity index (χ0v) is 16.3. The number of hydrogen-bond acceptors (Lipinski definition) is 3. The topological polar surface area (TPSA) is 66.8 Å². The van der Waals surface area contributed by atoms with Crippen molar-refractivity contribution in [2.45, 2.75) is 6.42 Å². The monoisotopic (exact) mass is 438 g/mol. The standard InChI is InChI=1S/C21H14Cl2F2O4/c22-17-7-14(29-10-21(27)28)8-18(23)16(17)6-12-5-15(20(26)9-19(12)25)11-1-3-13(24)4-2-11/h1-5,7-9,26H,6,10H2,(H,27,28). The van der Waals surface area contributed by atoms with E-state index < -0.39 is 24.2 Å². The summed E-state index contributed by atoms with van der Waals surface area (Å²) in [6.45, 7) is -0.556. The van der Waals surface area contributed by atoms with Gasteiger partial charge in [0.2, 0.25) is 0 Å². The van der Waals surface area contributed by atoms with E-state index in [1.807, 2.05) is 0 Å². The molecule has 2 N–H and O–H groups in total. The van der Waals surface area contributed by atoms with Gasteiger partial charge < -0.3 is 14.9 Å². The van der Waals surface area contributed by atoms with Crippen LogP contribution in [0.5, 0.6) is 11.5 Å². The number of carboxylic acids is 1. The highest BCUT2D eigenvalue weighted by molar-refractivity contribution is 6.36. The second-order valence-corrected chi connectivity index (χ2v) is 7.01. The molecular formula is C21H14Cl2F2O4. The maximum Gasteiger partial charge on any atom is 0.341 e. The van der Waals surface area contributed by atoms with Gasteiger partial charge in [-0.15, -0.1) is 0 Å². The lowest BCUT2D eigenvalue weighted by Gasteiger charge is -2.13. The number of phenols is 1. The van der Waals surface area contributed by atoms with Gasteiger partial charge in [-0.25, -0.2) is 13.6 Å². The van der Waals surface area contributed by atoms with Crippen LogP contribution in [0.25, 0.3) is 11.1 Å². The summed E-state index contributed by atoms with van der Waals surface area (Å²) in [6.07, 6.45) is 0.0111. The van der Waals surface area contributed by atoms with Crippen molar-refractivity contribution >= 4 is 29.2 Å². The fourth-order valence-corrected chi connectivity index (χ4v) is 3.37. The first-order valence-electron chi connectivity index (χ1n) is 8.34. The second kappa shape index (κ2) is 8.68. The molecule has 0 bridgehead atoms. The van der Waals surface area contributed by atoms with Crippen LogP contribution in [0.3, 0.4) is 0 Å². The molecule has 0 atom stereocenters. The van der Waals surface area contributed by atoms with Crippen molar-refractivity contribution in [3.8, 4) is 22.6 Å². The van der Waals surface area contributed by atoms with Gasteiger partial charge in [-0.3, -0.25) is 0 Å². The highest BCUT2D eigenvalue weighted by Crippen LogP contribution is 2.36. The first-order valence-corrected chi connectivity index (χ1v) is 9.10. The average molecular weight is 439 g/mol. The Bertz CT molecular complexity index is 1050. The largest absolute Gasteiger partial charge is 0.507 e. The SMILES string of the molecule is O=C(O)COc1cc(Cl)c(Cc2cc(-c3ccc(F)cc3)c(O)cc2F)c(Cl)c1. The Kier molecular flexibility index (Phi) is 6.25. The summed E-state index contributed by atoms with van der Waals surface area (Å²) in [5.41, 5.74) is 1.46. The minimum Gasteiger partial charge on any atom is -0.507 e. The smallest absolute Gasteiger partial charge is 0.341 e. The van der Waals surface area contributed by atoms with E-state index in [-0.39, 0.29) is 33.5 Å². The van der Waals surface area contributed by atoms with Crippen molar-refractivity contribution in [2.75, 3.05) is 6.61 Å². The molecular weight excluding hydrogens is 425 g/mol. The summed E-state index contributed by atoms with van der Waals surface area (Å²) < 4.78 is 32.7. The summed E-state index contributed by atoms with van der Waals surface area (Å²) in [5, 5.41) is 19.1. The van der Waals surface area contributed by atoms with Crippen LogP contribution in [0.1, 0.15) is 11.1 Å². The Morgan fingerprint density at radius 1 is 1.00 bits per heavy atom. The van der Waals surface area contributed by atoms with E-state index in [0.29, 0.717) is 16.7 Å². The number of ether oxygens (including phenoxy) is 1. The molecule has 0 fully saturated rings. The number of aliphatic carboxylic acids is 1. The first kappa shape index (κ1) is 20.9. The number of phenolic OH excluding ortho intramolecular Hbond substituents is 1. The summed E-state index contributed by atoms with van der Waals surface area (Å²) in [6, 6.07) is 10.6. The van der Waals surface area contributed by atoms with E-state index in [1.165, 1.54) is 42.5 Å². The lowest BCUT2D eigenvalue weighted by Crippen LogP contribution is -2.09. The molecule has 0 aliphatic heterocycles. The molecule has 0 aromatic heterocycles. The van der Waals surface area contributed by atoms with Crippen molar-refractivity contribution in [3.63, 3.8) is 0 Å². The molecule has 8 heteroatoms. The fraction of sp³-hybridized carbons (Fsp3) is 0.0952. The molecule has 3 aromatic carbocycles. The molecule has 3 rings (SSSR count). The van der Waals surface area contributed by atoms with Crippen LogP contribution in [0.2, 0.25) is 10.0 Å². The third-order valence-corrected chi connectivity index (χ3v) is 4.84. The van der Waals surface area contributed by atoms with Crippen LogP contribution in [0.4, 0.5) is 8.78 Å². The van der Waals surface area contributed by atoms with E-state index in [0.717, 1.165) is 6.07 Å². The molecule has 0 heterocycles. The predicted molar refractivity (Wildman–Crippen MR) is 106 cm³/mol. The van der Waals surface area contributed by atoms with Crippen LogP contribution >= 0.6 is 23.2 Å². The molecule has 0 unspecified atom stereocenters. The molecule has 0 aliphatic rings. The van der Waals surface area contributed by atoms with Crippen LogP contribution < -0.4 is 4.74 Å². The number of hydrogen-bond donors (Lipinski definition) is 2. The highest BCUT2D eigenvalue weighted by atomic mass is 35.5. The summed E-state index contributed by atoms with van der Waals surface area (Å²) in [4.78, 5) is 10.6. The number of benzene rings is 3. The summed E-state index contributed by atoms with van der Waals surface area (Å²) in [7, 11) is 0. The molecule has 0 radical (unpaired) electrons. The molecule has 0 saturated carbocycles. The van der Waals surface area contributed by atoms with Crippen LogP contribution in [0, 0.1) is 11.6 Å². The van der Waals surface area contributed by atoms with Gasteiger partial charge in [0, 0.05) is 28.1 Å². The molecule has 3 aromatic rings. The Morgan fingerprint density at radius 3 is 2.21 bits per heavy atom. The minimum atomic E-state index is -1.15. The molecule has 0 spiro atoms. The van der Waals surface area contributed by atoms with Crippen molar-refractivity contribution in [2.24, 2.45) is 0 Å². The third kappa shape index (κ3) is 4.96. The van der Waals surface area contributed by atoms with E-state index in [1.54, 1.807) is 0 Å². The molecule has 0 aliphatic carbocycles. The minimum absolute atomic E-state index is 0.0111. The van der Waals surface area contributed by atoms with Crippen molar-refractivity contribution in [1.82, 2.24) is 0 Å². The molecule has 0 saturated heterocycles. The molecule has 150 valence electrons. The van der Waals surface area contributed by atoms with E-state index in [4.69, 9.17) is 33.0 Å². The molecule has 29 heavy (non-hydrogen) atoms. The van der Waals surface area contributed by atoms with E-state index >= 15 is 0 Å². The van der Waals surface area contributed by atoms with Crippen LogP contribution in [0.15, 0.2) is 48.5 Å². The van der Waals surface area contributed by atoms with Gasteiger partial charge in [0.15, 0.2) is 6.61 Å². The Balaban J connectivity index is 1.95. The van der Waals surface area contributed by atoms with Gasteiger partial charge in [-0.1, -0.05) is 35.3 Å². The zero-order chi connectivity index (χ0) is 21.1. The summed E-state index contributed by atoms with van der Waals surface area (Å²) >= 11 is 12.5. The Labute approximate surface area is 174 Å². The van der Waals surface area contributed by atoms with Crippen molar-refractivity contribution in [1.29, 1.82) is 0 Å². The maximum atomic E-state index is 14.5. The van der Waals surface area contributed by atoms with Crippen LogP contribution in [-0.4, -0.2) is 22.8 Å². The first-order chi connectivity index (χ1) is 13.7. The number of carboxylic acid groups (broad SMARTS) is 1. The van der Waals surface area contributed by atoms with Gasteiger partial charge in [0.1, 0.15) is 23.1 Å². The van der Waals surface area contributed by atoms with Crippen molar-refractivity contribution in [3.05, 3.63) is 81.3 Å². The lowest BCUT2D eigenvalue weighted by molar-refractivity contribution is -0.139. The number of carbonyl (C=O) groups is 1. The maximum absolute atomic E-state index is 14.5. The van der Waals surface area contributed by atoms with E-state index in [2.05, 4.69) is 0 Å². The van der Waals surface area contributed by atoms with Crippen molar-refractivity contribution < 1.29 is 28.5 Å². The lowest BCUT2D eigenvalue weighted by atomic mass is 9.97. The zero-order valence-electron chi connectivity index (χ0n) is 14.8. The quantitative estimate of drug-likeness (QED) is 0.517. The van der Waals surface area contributed by atoms with Gasteiger partial charge in [0.25, 0.3) is 0 Å². The Morgan fingerprint density at radius 2 is 1.62 bits per heavy atom. The molecule has 0 amide bonds. The van der Waals surface area contributed by atoms with Gasteiger partial charge in [-0.2, -0.15) is 0 Å². The highest BCUT2D eigenvalue weighted by Gasteiger charge is 2.16. The number of aromatic hydroxyl groups is 1. The normalized spacial score (nSPS) is 10.8. The summed E-state index contributed by atoms with van der Waals surface area (Å²) in [5.74, 6) is -2.36. The second-order valence-electron chi connectivity index (χ2n) is 6.19. The third-order valence-electron chi connectivity index (χ3n) is 4.16. The van der Waals surface area contributed by atoms with E-state index in [9.17, 15) is 18.7 Å². The number of halogens is 4. The van der Waals surface area contributed by atoms with Crippen LogP contribution in [-0.2, 0) is 11.2 Å². The Hall–Kier alpha value is -2.83. The molecule has 4 nitrogen and oxygen atoms in total. The number of rotatable bonds is 6. The van der Waals surface area contributed by atoms with Gasteiger partial charge in [-0.05, 0) is 47.0 Å². The average Bonchev–Trinajstić information content (AvgIpc) is 2.65. The predicted octanol–water partition coefficient (Wildman–Crippen LogP) is 5.70. The van der Waals surface area contributed by atoms with Gasteiger partial charge >= 0.3 is 5.97 Å². The van der Waals surface area contributed by atoms with Gasteiger partial charge in [0.05, 0.1) is 0 Å². The fourth-order valence-electron chi connectivity index (χ4n) is 2.77.